The zero-order chi connectivity index (χ0) is 15.5. The number of hydrogen-bond acceptors (Lipinski definition) is 3. The molecule has 1 amide bonds. The summed E-state index contributed by atoms with van der Waals surface area (Å²) in [6, 6.07) is 6.32. The van der Waals surface area contributed by atoms with Crippen LogP contribution in [0.15, 0.2) is 18.2 Å². The quantitative estimate of drug-likeness (QED) is 0.789. The fourth-order valence-electron chi connectivity index (χ4n) is 3.23. The number of nitrogens with two attached hydrogens (primary N) is 1. The summed E-state index contributed by atoms with van der Waals surface area (Å²) in [5.41, 5.74) is 9.42. The fraction of sp³-hybridized carbons (Fsp3) is 0.588. The average Bonchev–Trinajstić information content (AvgIpc) is 2.45. The van der Waals surface area contributed by atoms with E-state index in [1.54, 1.807) is 0 Å². The minimum atomic E-state index is -0.703. The molecular weight excluding hydrogens is 262 g/mol. The number of benzene rings is 1. The van der Waals surface area contributed by atoms with E-state index in [0.717, 1.165) is 13.1 Å². The van der Waals surface area contributed by atoms with Crippen LogP contribution in [0.4, 0.5) is 0 Å². The molecule has 1 aliphatic heterocycles. The van der Waals surface area contributed by atoms with Crippen LogP contribution in [0, 0.1) is 13.8 Å². The highest BCUT2D eigenvalue weighted by atomic mass is 16.2. The van der Waals surface area contributed by atoms with Crippen molar-refractivity contribution in [2.24, 2.45) is 5.73 Å². The van der Waals surface area contributed by atoms with Gasteiger partial charge in [0, 0.05) is 6.54 Å². The molecule has 1 aliphatic rings. The lowest BCUT2D eigenvalue weighted by molar-refractivity contribution is -0.127. The second-order valence-corrected chi connectivity index (χ2v) is 6.32. The molecule has 1 atom stereocenters. The summed E-state index contributed by atoms with van der Waals surface area (Å²) in [7, 11) is 0. The summed E-state index contributed by atoms with van der Waals surface area (Å²) in [5.74, 6) is 0.280. The van der Waals surface area contributed by atoms with E-state index in [-0.39, 0.29) is 5.91 Å². The van der Waals surface area contributed by atoms with E-state index in [0.29, 0.717) is 25.3 Å². The summed E-state index contributed by atoms with van der Waals surface area (Å²) < 4.78 is 0. The van der Waals surface area contributed by atoms with Crippen molar-refractivity contribution < 1.29 is 4.79 Å². The number of rotatable bonds is 4. The van der Waals surface area contributed by atoms with Gasteiger partial charge >= 0.3 is 0 Å². The number of carbonyl (C=O) groups excluding carboxylic acids is 1. The lowest BCUT2D eigenvalue weighted by atomic mass is 9.88. The Morgan fingerprint density at radius 2 is 1.90 bits per heavy atom. The largest absolute Gasteiger partial charge is 0.354 e. The Labute approximate surface area is 127 Å². The number of amides is 1. The van der Waals surface area contributed by atoms with Crippen LogP contribution in [-0.4, -0.2) is 31.1 Å². The number of nitrogens with one attached hydrogen (secondary N) is 2. The molecule has 1 aromatic carbocycles. The highest BCUT2D eigenvalue weighted by Crippen LogP contribution is 2.23. The van der Waals surface area contributed by atoms with Crippen molar-refractivity contribution in [3.63, 3.8) is 0 Å². The zero-order valence-corrected chi connectivity index (χ0v) is 13.3. The highest BCUT2D eigenvalue weighted by molar-refractivity contribution is 5.86. The third kappa shape index (κ3) is 3.63. The van der Waals surface area contributed by atoms with E-state index in [4.69, 9.17) is 5.73 Å². The molecule has 2 rings (SSSR count). The van der Waals surface area contributed by atoms with Crippen LogP contribution < -0.4 is 16.4 Å². The maximum Gasteiger partial charge on any atom is 0.240 e. The molecule has 4 nitrogen and oxygen atoms in total. The van der Waals surface area contributed by atoms with E-state index >= 15 is 0 Å². The van der Waals surface area contributed by atoms with E-state index in [1.165, 1.54) is 16.7 Å². The van der Waals surface area contributed by atoms with Gasteiger partial charge in [0.15, 0.2) is 0 Å². The first-order valence-electron chi connectivity index (χ1n) is 7.78. The van der Waals surface area contributed by atoms with Crippen molar-refractivity contribution >= 4 is 5.91 Å². The van der Waals surface area contributed by atoms with Gasteiger partial charge in [0.2, 0.25) is 5.91 Å². The topological polar surface area (TPSA) is 67.2 Å². The predicted octanol–water partition coefficient (Wildman–Crippen LogP) is 1.60. The third-order valence-corrected chi connectivity index (χ3v) is 4.55. The molecule has 0 bridgehead atoms. The van der Waals surface area contributed by atoms with Crippen molar-refractivity contribution in [1.29, 1.82) is 0 Å². The van der Waals surface area contributed by atoms with E-state index in [2.05, 4.69) is 49.6 Å². The molecule has 0 aromatic heterocycles. The summed E-state index contributed by atoms with van der Waals surface area (Å²) in [4.78, 5) is 12.4. The number of piperidine rings is 1. The van der Waals surface area contributed by atoms with Crippen LogP contribution in [0.5, 0.6) is 0 Å². The van der Waals surface area contributed by atoms with Gasteiger partial charge in [-0.2, -0.15) is 0 Å². The summed E-state index contributed by atoms with van der Waals surface area (Å²) in [6.45, 7) is 8.67. The zero-order valence-electron chi connectivity index (χ0n) is 13.3. The molecule has 1 fully saturated rings. The monoisotopic (exact) mass is 289 g/mol. The van der Waals surface area contributed by atoms with E-state index in [1.807, 2.05) is 0 Å². The first-order valence-corrected chi connectivity index (χ1v) is 7.78. The normalized spacial score (nSPS) is 19.0. The van der Waals surface area contributed by atoms with E-state index in [9.17, 15) is 4.79 Å². The van der Waals surface area contributed by atoms with Crippen molar-refractivity contribution in [3.8, 4) is 0 Å². The molecule has 21 heavy (non-hydrogen) atoms. The van der Waals surface area contributed by atoms with Crippen LogP contribution in [-0.2, 0) is 4.79 Å². The molecule has 0 saturated carbocycles. The second kappa shape index (κ2) is 6.58. The van der Waals surface area contributed by atoms with Gasteiger partial charge in [0.1, 0.15) is 0 Å². The van der Waals surface area contributed by atoms with Crippen molar-refractivity contribution in [1.82, 2.24) is 10.6 Å². The summed E-state index contributed by atoms with van der Waals surface area (Å²) >= 11 is 0. The summed E-state index contributed by atoms with van der Waals surface area (Å²) in [6.07, 6.45) is 1.41. The SMILES string of the molecule is Cc1cccc(C)c1C(C)CNC(=O)C1(N)CCNCC1. The lowest BCUT2D eigenvalue weighted by Gasteiger charge is -2.32. The average molecular weight is 289 g/mol. The Hall–Kier alpha value is -1.39. The fourth-order valence-corrected chi connectivity index (χ4v) is 3.23. The minimum Gasteiger partial charge on any atom is -0.354 e. The van der Waals surface area contributed by atoms with Crippen LogP contribution in [0.2, 0.25) is 0 Å². The maximum atomic E-state index is 12.4. The van der Waals surface area contributed by atoms with Gasteiger partial charge in [0.25, 0.3) is 0 Å². The molecule has 0 aliphatic carbocycles. The molecule has 1 heterocycles. The van der Waals surface area contributed by atoms with Gasteiger partial charge in [-0.3, -0.25) is 4.79 Å². The molecule has 4 heteroatoms. The van der Waals surface area contributed by atoms with Gasteiger partial charge in [-0.1, -0.05) is 25.1 Å². The van der Waals surface area contributed by atoms with Gasteiger partial charge in [-0.15, -0.1) is 0 Å². The van der Waals surface area contributed by atoms with Crippen LogP contribution in [0.3, 0.4) is 0 Å². The Kier molecular flexibility index (Phi) is 5.01. The predicted molar refractivity (Wildman–Crippen MR) is 86.4 cm³/mol. The smallest absolute Gasteiger partial charge is 0.240 e. The van der Waals surface area contributed by atoms with Gasteiger partial charge < -0.3 is 16.4 Å². The van der Waals surface area contributed by atoms with Crippen LogP contribution >= 0.6 is 0 Å². The first-order chi connectivity index (χ1) is 9.94. The second-order valence-electron chi connectivity index (χ2n) is 6.32. The van der Waals surface area contributed by atoms with Gasteiger partial charge in [-0.05, 0) is 62.4 Å². The maximum absolute atomic E-state index is 12.4. The van der Waals surface area contributed by atoms with Crippen LogP contribution in [0.25, 0.3) is 0 Å². The van der Waals surface area contributed by atoms with Crippen molar-refractivity contribution in [2.45, 2.75) is 45.1 Å². The molecule has 4 N–H and O–H groups in total. The minimum absolute atomic E-state index is 0.0120. The Morgan fingerprint density at radius 1 is 1.33 bits per heavy atom. The lowest BCUT2D eigenvalue weighted by Crippen LogP contribution is -2.59. The molecular formula is C17H27N3O. The molecule has 1 aromatic rings. The molecule has 0 spiro atoms. The van der Waals surface area contributed by atoms with Crippen molar-refractivity contribution in [3.05, 3.63) is 34.9 Å². The van der Waals surface area contributed by atoms with E-state index < -0.39 is 5.54 Å². The summed E-state index contributed by atoms with van der Waals surface area (Å²) in [5, 5.41) is 6.29. The highest BCUT2D eigenvalue weighted by Gasteiger charge is 2.35. The number of carbonyl (C=O) groups is 1. The first kappa shape index (κ1) is 16.0. The number of hydrogen-bond donors (Lipinski definition) is 3. The Bertz CT molecular complexity index is 487. The Morgan fingerprint density at radius 3 is 2.48 bits per heavy atom. The molecule has 1 unspecified atom stereocenters. The Balaban J connectivity index is 1.97. The van der Waals surface area contributed by atoms with Gasteiger partial charge in [-0.25, -0.2) is 0 Å². The standard InChI is InChI=1S/C17H27N3O/c1-12-5-4-6-13(2)15(12)14(3)11-20-16(21)17(18)7-9-19-10-8-17/h4-6,14,19H,7-11,18H2,1-3H3,(H,20,21). The van der Waals surface area contributed by atoms with Crippen molar-refractivity contribution in [2.75, 3.05) is 19.6 Å². The van der Waals surface area contributed by atoms with Gasteiger partial charge in [0.05, 0.1) is 5.54 Å². The number of aryl methyl sites for hydroxylation is 2. The third-order valence-electron chi connectivity index (χ3n) is 4.55. The molecule has 0 radical (unpaired) electrons. The van der Waals surface area contributed by atoms with Crippen LogP contribution in [0.1, 0.15) is 42.4 Å². The molecule has 116 valence electrons. The molecule has 1 saturated heterocycles.